The van der Waals surface area contributed by atoms with Crippen LogP contribution in [-0.4, -0.2) is 26.1 Å². The van der Waals surface area contributed by atoms with Crippen LogP contribution in [0.25, 0.3) is 32.0 Å². The van der Waals surface area contributed by atoms with E-state index in [9.17, 15) is 9.90 Å². The van der Waals surface area contributed by atoms with Crippen LogP contribution in [0.3, 0.4) is 0 Å². The molecule has 0 fully saturated rings. The summed E-state index contributed by atoms with van der Waals surface area (Å²) >= 11 is 1.40. The summed E-state index contributed by atoms with van der Waals surface area (Å²) in [7, 11) is 1.72. The van der Waals surface area contributed by atoms with Gasteiger partial charge in [-0.15, -0.1) is 21.5 Å². The summed E-state index contributed by atoms with van der Waals surface area (Å²) in [4.78, 5) is 13.8. The van der Waals surface area contributed by atoms with Crippen LogP contribution in [0.4, 0.5) is 5.69 Å². The Kier molecular flexibility index (Phi) is 6.41. The average Bonchev–Trinajstić information content (AvgIpc) is 3.51. The van der Waals surface area contributed by atoms with E-state index in [-0.39, 0.29) is 5.56 Å². The number of pyridine rings is 1. The van der Waals surface area contributed by atoms with Crippen LogP contribution in [0.1, 0.15) is 17.0 Å². The number of aromatic nitrogens is 3. The maximum Gasteiger partial charge on any atom is 0.259 e. The van der Waals surface area contributed by atoms with Crippen LogP contribution in [0.5, 0.6) is 11.5 Å². The van der Waals surface area contributed by atoms with Crippen LogP contribution in [0.2, 0.25) is 0 Å². The Morgan fingerprint density at radius 2 is 1.89 bits per heavy atom. The van der Waals surface area contributed by atoms with E-state index < -0.39 is 6.23 Å². The van der Waals surface area contributed by atoms with Gasteiger partial charge in [-0.1, -0.05) is 24.8 Å². The molecule has 9 heteroatoms. The highest BCUT2D eigenvalue weighted by atomic mass is 32.1. The highest BCUT2D eigenvalue weighted by Crippen LogP contribution is 2.43. The van der Waals surface area contributed by atoms with Gasteiger partial charge in [0.15, 0.2) is 0 Å². The number of hydrogen-bond donors (Lipinski definition) is 2. The summed E-state index contributed by atoms with van der Waals surface area (Å²) < 4.78 is 14.4. The normalized spacial score (nSPS) is 12.0. The van der Waals surface area contributed by atoms with Crippen molar-refractivity contribution in [2.75, 3.05) is 5.32 Å². The van der Waals surface area contributed by atoms with Crippen molar-refractivity contribution in [3.8, 4) is 33.4 Å². The van der Waals surface area contributed by atoms with Crippen molar-refractivity contribution in [3.63, 3.8) is 0 Å². The molecule has 0 saturated carbocycles. The van der Waals surface area contributed by atoms with Gasteiger partial charge in [0, 0.05) is 37.0 Å². The fourth-order valence-electron chi connectivity index (χ4n) is 4.16. The van der Waals surface area contributed by atoms with Crippen LogP contribution >= 0.6 is 11.3 Å². The standard InChI is InChI=1S/C28H26N4O4S/c1-6-24(33)29-18-10-11-22(36-25-15(2)8-7-9-16(25)3)19(12-18)21-14-32(5)28(34)20-13-23(37-26(20)21)27-31-30-17(4)35-27/h6-14,24,29,33H,1H2,2-5H3. The van der Waals surface area contributed by atoms with E-state index in [4.69, 9.17) is 9.15 Å². The van der Waals surface area contributed by atoms with Gasteiger partial charge in [-0.05, 0) is 55.3 Å². The molecule has 5 aromatic rings. The van der Waals surface area contributed by atoms with Gasteiger partial charge in [0.05, 0.1) is 15.0 Å². The minimum atomic E-state index is -0.924. The van der Waals surface area contributed by atoms with Crippen LogP contribution < -0.4 is 15.6 Å². The second-order valence-corrected chi connectivity index (χ2v) is 9.85. The highest BCUT2D eigenvalue weighted by molar-refractivity contribution is 7.22. The van der Waals surface area contributed by atoms with Crippen molar-refractivity contribution in [3.05, 3.63) is 88.7 Å². The van der Waals surface area contributed by atoms with E-state index in [0.717, 1.165) is 32.7 Å². The molecular weight excluding hydrogens is 488 g/mol. The number of aliphatic hydroxyl groups excluding tert-OH is 1. The zero-order valence-corrected chi connectivity index (χ0v) is 21.7. The molecular formula is C28H26N4O4S. The molecule has 0 aliphatic carbocycles. The van der Waals surface area contributed by atoms with Crippen molar-refractivity contribution in [1.82, 2.24) is 14.8 Å². The molecule has 1 unspecified atom stereocenters. The molecule has 188 valence electrons. The Balaban J connectivity index is 1.74. The number of para-hydroxylation sites is 1. The SMILES string of the molecule is C=CC(O)Nc1ccc(Oc2c(C)cccc2C)c(-c2cn(C)c(=O)c3cc(-c4nnc(C)o4)sc23)c1. The molecule has 3 aromatic heterocycles. The number of rotatable bonds is 7. The lowest BCUT2D eigenvalue weighted by atomic mass is 10.0. The summed E-state index contributed by atoms with van der Waals surface area (Å²) in [6.45, 7) is 9.36. The van der Waals surface area contributed by atoms with Crippen molar-refractivity contribution in [2.45, 2.75) is 27.0 Å². The second-order valence-electron chi connectivity index (χ2n) is 8.80. The Morgan fingerprint density at radius 1 is 1.14 bits per heavy atom. The van der Waals surface area contributed by atoms with Crippen molar-refractivity contribution in [1.29, 1.82) is 0 Å². The minimum absolute atomic E-state index is 0.133. The number of ether oxygens (including phenoxy) is 1. The molecule has 5 rings (SSSR count). The molecule has 0 bridgehead atoms. The molecule has 0 aliphatic rings. The van der Waals surface area contributed by atoms with Gasteiger partial charge < -0.3 is 24.1 Å². The monoisotopic (exact) mass is 514 g/mol. The van der Waals surface area contributed by atoms with E-state index >= 15 is 0 Å². The molecule has 0 saturated heterocycles. The van der Waals surface area contributed by atoms with Crippen LogP contribution in [0, 0.1) is 20.8 Å². The fraction of sp³-hybridized carbons (Fsp3) is 0.179. The molecule has 37 heavy (non-hydrogen) atoms. The number of benzene rings is 2. The molecule has 8 nitrogen and oxygen atoms in total. The molecule has 0 aliphatic heterocycles. The van der Waals surface area contributed by atoms with Gasteiger partial charge in [-0.3, -0.25) is 4.79 Å². The second kappa shape index (κ2) is 9.68. The molecule has 2 N–H and O–H groups in total. The van der Waals surface area contributed by atoms with E-state index in [1.54, 1.807) is 30.8 Å². The smallest absolute Gasteiger partial charge is 0.259 e. The summed E-state index contributed by atoms with van der Waals surface area (Å²) in [5, 5.41) is 21.7. The Labute approximate surface area is 217 Å². The lowest BCUT2D eigenvalue weighted by Gasteiger charge is -2.18. The topological polar surface area (TPSA) is 102 Å². The number of nitrogens with one attached hydrogen (secondary N) is 1. The van der Waals surface area contributed by atoms with E-state index in [0.29, 0.717) is 33.5 Å². The Bertz CT molecular complexity index is 1680. The fourth-order valence-corrected chi connectivity index (χ4v) is 5.26. The minimum Gasteiger partial charge on any atom is -0.456 e. The summed E-state index contributed by atoms with van der Waals surface area (Å²) in [5.41, 5.74) is 4.09. The Morgan fingerprint density at radius 3 is 2.57 bits per heavy atom. The van der Waals surface area contributed by atoms with Crippen LogP contribution in [-0.2, 0) is 7.05 Å². The summed E-state index contributed by atoms with van der Waals surface area (Å²) in [5.74, 6) is 2.19. The first kappa shape index (κ1) is 24.5. The van der Waals surface area contributed by atoms with Crippen molar-refractivity contribution >= 4 is 27.1 Å². The zero-order chi connectivity index (χ0) is 26.3. The maximum absolute atomic E-state index is 13.1. The highest BCUT2D eigenvalue weighted by Gasteiger charge is 2.20. The Hall–Kier alpha value is -4.21. The third kappa shape index (κ3) is 4.66. The van der Waals surface area contributed by atoms with Gasteiger partial charge in [0.2, 0.25) is 5.89 Å². The summed E-state index contributed by atoms with van der Waals surface area (Å²) in [6, 6.07) is 13.4. The summed E-state index contributed by atoms with van der Waals surface area (Å²) in [6.07, 6.45) is 2.28. The quantitative estimate of drug-likeness (QED) is 0.204. The third-order valence-electron chi connectivity index (χ3n) is 6.02. The molecule has 0 amide bonds. The number of fused-ring (bicyclic) bond motifs is 1. The van der Waals surface area contributed by atoms with Gasteiger partial charge in [-0.25, -0.2) is 0 Å². The first-order valence-corrected chi connectivity index (χ1v) is 12.5. The molecule has 3 heterocycles. The predicted molar refractivity (Wildman–Crippen MR) is 146 cm³/mol. The number of anilines is 1. The molecule has 2 aromatic carbocycles. The predicted octanol–water partition coefficient (Wildman–Crippen LogP) is 5.95. The number of hydrogen-bond acceptors (Lipinski definition) is 8. The van der Waals surface area contributed by atoms with Gasteiger partial charge in [0.1, 0.15) is 17.7 Å². The lowest BCUT2D eigenvalue weighted by Crippen LogP contribution is -2.16. The molecule has 0 radical (unpaired) electrons. The van der Waals surface area contributed by atoms with Gasteiger partial charge >= 0.3 is 0 Å². The number of thiophene rings is 1. The van der Waals surface area contributed by atoms with E-state index in [1.807, 2.05) is 50.2 Å². The third-order valence-corrected chi connectivity index (χ3v) is 7.17. The van der Waals surface area contributed by atoms with Gasteiger partial charge in [-0.2, -0.15) is 0 Å². The number of aryl methyl sites for hydroxylation is 4. The first-order chi connectivity index (χ1) is 17.7. The molecule has 0 spiro atoms. The van der Waals surface area contributed by atoms with Gasteiger partial charge in [0.25, 0.3) is 11.4 Å². The largest absolute Gasteiger partial charge is 0.456 e. The van der Waals surface area contributed by atoms with E-state index in [2.05, 4.69) is 22.1 Å². The van der Waals surface area contributed by atoms with Crippen molar-refractivity contribution < 1.29 is 14.3 Å². The number of nitrogens with zero attached hydrogens (tertiary/aromatic N) is 3. The number of aliphatic hydroxyl groups is 1. The zero-order valence-electron chi connectivity index (χ0n) is 20.9. The van der Waals surface area contributed by atoms with E-state index in [1.165, 1.54) is 17.4 Å². The lowest BCUT2D eigenvalue weighted by molar-refractivity contribution is 0.253. The maximum atomic E-state index is 13.1. The average molecular weight is 515 g/mol. The van der Waals surface area contributed by atoms with Crippen LogP contribution in [0.15, 0.2) is 70.5 Å². The first-order valence-electron chi connectivity index (χ1n) is 11.6. The van der Waals surface area contributed by atoms with Crippen molar-refractivity contribution in [2.24, 2.45) is 7.05 Å². The molecule has 1 atom stereocenters.